The summed E-state index contributed by atoms with van der Waals surface area (Å²) in [4.78, 5) is 13.6. The number of nitrogens with one attached hydrogen (secondary N) is 1. The topological polar surface area (TPSA) is 41.6 Å². The Bertz CT molecular complexity index is 787. The highest BCUT2D eigenvalue weighted by Crippen LogP contribution is 2.33. The maximum Gasteiger partial charge on any atom is 0.227 e. The number of para-hydroxylation sites is 1. The van der Waals surface area contributed by atoms with Gasteiger partial charge in [0.15, 0.2) is 0 Å². The van der Waals surface area contributed by atoms with Crippen LogP contribution in [0.1, 0.15) is 35.4 Å². The molecule has 2 aliphatic rings. The summed E-state index contributed by atoms with van der Waals surface area (Å²) in [5.41, 5.74) is 4.92. The number of carbonyl (C=O) groups is 1. The number of nitrogens with zero attached hydrogens (tertiary/aromatic N) is 1. The lowest BCUT2D eigenvalue weighted by Gasteiger charge is -2.27. The van der Waals surface area contributed by atoms with Crippen molar-refractivity contribution in [2.75, 3.05) is 25.1 Å². The van der Waals surface area contributed by atoms with Crippen molar-refractivity contribution >= 4 is 11.6 Å². The standard InChI is InChI=1S/C21H24N2O2/c1-23-19-8-6-15(12-16(19)7-9-21(23)24)13-22-14-17-10-11-25-20-5-3-2-4-18(17)20/h2-6,8,12,17,22H,7,9-11,13-14H2,1H3. The van der Waals surface area contributed by atoms with Gasteiger partial charge in [0.1, 0.15) is 5.75 Å². The molecule has 4 nitrogen and oxygen atoms in total. The quantitative estimate of drug-likeness (QED) is 0.932. The Morgan fingerprint density at radius 3 is 3.00 bits per heavy atom. The fourth-order valence-electron chi connectivity index (χ4n) is 3.84. The van der Waals surface area contributed by atoms with Gasteiger partial charge in [-0.15, -0.1) is 0 Å². The highest BCUT2D eigenvalue weighted by molar-refractivity contribution is 5.95. The van der Waals surface area contributed by atoms with E-state index in [2.05, 4.69) is 41.7 Å². The van der Waals surface area contributed by atoms with Gasteiger partial charge in [-0.25, -0.2) is 0 Å². The highest BCUT2D eigenvalue weighted by atomic mass is 16.5. The molecule has 2 aromatic rings. The highest BCUT2D eigenvalue weighted by Gasteiger charge is 2.22. The first-order chi connectivity index (χ1) is 12.2. The molecule has 1 N–H and O–H groups in total. The van der Waals surface area contributed by atoms with Crippen molar-refractivity contribution in [2.24, 2.45) is 0 Å². The molecule has 0 aromatic heterocycles. The van der Waals surface area contributed by atoms with Gasteiger partial charge in [-0.2, -0.15) is 0 Å². The first kappa shape index (κ1) is 16.2. The van der Waals surface area contributed by atoms with Crippen LogP contribution in [0.5, 0.6) is 5.75 Å². The minimum Gasteiger partial charge on any atom is -0.493 e. The largest absolute Gasteiger partial charge is 0.493 e. The predicted octanol–water partition coefficient (Wildman–Crippen LogP) is 3.25. The maximum absolute atomic E-state index is 11.8. The zero-order valence-corrected chi connectivity index (χ0v) is 14.6. The zero-order valence-electron chi connectivity index (χ0n) is 14.6. The molecule has 0 spiro atoms. The van der Waals surface area contributed by atoms with E-state index in [1.165, 1.54) is 16.7 Å². The third-order valence-electron chi connectivity index (χ3n) is 5.29. The predicted molar refractivity (Wildman–Crippen MR) is 99.2 cm³/mol. The van der Waals surface area contributed by atoms with Gasteiger partial charge < -0.3 is 15.0 Å². The first-order valence-corrected chi connectivity index (χ1v) is 9.03. The van der Waals surface area contributed by atoms with Gasteiger partial charge in [-0.3, -0.25) is 4.79 Å². The number of fused-ring (bicyclic) bond motifs is 2. The molecule has 0 saturated heterocycles. The lowest BCUT2D eigenvalue weighted by molar-refractivity contribution is -0.118. The molecule has 25 heavy (non-hydrogen) atoms. The molecule has 0 aliphatic carbocycles. The minimum atomic E-state index is 0.205. The summed E-state index contributed by atoms with van der Waals surface area (Å²) in [5.74, 6) is 1.74. The van der Waals surface area contributed by atoms with E-state index in [-0.39, 0.29) is 5.91 Å². The van der Waals surface area contributed by atoms with Crippen molar-refractivity contribution in [1.29, 1.82) is 0 Å². The van der Waals surface area contributed by atoms with E-state index in [0.29, 0.717) is 12.3 Å². The summed E-state index contributed by atoms with van der Waals surface area (Å²) in [5, 5.41) is 3.60. The van der Waals surface area contributed by atoms with Crippen molar-refractivity contribution in [3.8, 4) is 5.75 Å². The molecular formula is C21H24N2O2. The normalized spacial score (nSPS) is 19.2. The molecule has 1 amide bonds. The smallest absolute Gasteiger partial charge is 0.227 e. The van der Waals surface area contributed by atoms with Gasteiger partial charge >= 0.3 is 0 Å². The van der Waals surface area contributed by atoms with E-state index in [1.54, 1.807) is 4.90 Å². The lowest BCUT2D eigenvalue weighted by atomic mass is 9.93. The van der Waals surface area contributed by atoms with Crippen LogP contribution in [0.2, 0.25) is 0 Å². The molecule has 2 aromatic carbocycles. The maximum atomic E-state index is 11.8. The Hall–Kier alpha value is -2.33. The summed E-state index contributed by atoms with van der Waals surface area (Å²) in [6.45, 7) is 2.60. The summed E-state index contributed by atoms with van der Waals surface area (Å²) >= 11 is 0. The van der Waals surface area contributed by atoms with Crippen molar-refractivity contribution in [3.63, 3.8) is 0 Å². The van der Waals surface area contributed by atoms with E-state index in [4.69, 9.17) is 4.74 Å². The third kappa shape index (κ3) is 3.27. The number of anilines is 1. The van der Waals surface area contributed by atoms with Crippen molar-refractivity contribution in [2.45, 2.75) is 31.7 Å². The number of amides is 1. The molecule has 0 saturated carbocycles. The molecular weight excluding hydrogens is 312 g/mol. The van der Waals surface area contributed by atoms with Crippen LogP contribution in [0.25, 0.3) is 0 Å². The van der Waals surface area contributed by atoms with Gasteiger partial charge in [-0.1, -0.05) is 30.3 Å². The van der Waals surface area contributed by atoms with Crippen LogP contribution in [-0.4, -0.2) is 26.1 Å². The Kier molecular flexibility index (Phi) is 4.45. The van der Waals surface area contributed by atoms with Gasteiger partial charge in [0.25, 0.3) is 0 Å². The summed E-state index contributed by atoms with van der Waals surface area (Å²) < 4.78 is 5.74. The summed E-state index contributed by atoms with van der Waals surface area (Å²) in [6, 6.07) is 14.8. The van der Waals surface area contributed by atoms with Crippen LogP contribution in [0.3, 0.4) is 0 Å². The Morgan fingerprint density at radius 2 is 2.08 bits per heavy atom. The number of ether oxygens (including phenoxy) is 1. The fraction of sp³-hybridized carbons (Fsp3) is 0.381. The van der Waals surface area contributed by atoms with Crippen LogP contribution in [0.15, 0.2) is 42.5 Å². The molecule has 0 bridgehead atoms. The van der Waals surface area contributed by atoms with E-state index < -0.39 is 0 Å². The van der Waals surface area contributed by atoms with E-state index in [9.17, 15) is 4.79 Å². The Morgan fingerprint density at radius 1 is 1.20 bits per heavy atom. The second kappa shape index (κ2) is 6.89. The van der Waals surface area contributed by atoms with Gasteiger partial charge in [0.05, 0.1) is 6.61 Å². The minimum absolute atomic E-state index is 0.205. The first-order valence-electron chi connectivity index (χ1n) is 9.03. The second-order valence-electron chi connectivity index (χ2n) is 6.92. The summed E-state index contributed by atoms with van der Waals surface area (Å²) in [6.07, 6.45) is 2.51. The van der Waals surface area contributed by atoms with E-state index in [1.807, 2.05) is 13.1 Å². The lowest BCUT2D eigenvalue weighted by Crippen LogP contribution is -2.31. The third-order valence-corrected chi connectivity index (χ3v) is 5.29. The Labute approximate surface area is 148 Å². The van der Waals surface area contributed by atoms with Crippen molar-refractivity contribution < 1.29 is 9.53 Å². The molecule has 4 rings (SSSR count). The SMILES string of the molecule is CN1C(=O)CCc2cc(CNCC3CCOc4ccccc43)ccc21. The number of hydrogen-bond acceptors (Lipinski definition) is 3. The molecule has 4 heteroatoms. The zero-order chi connectivity index (χ0) is 17.2. The Balaban J connectivity index is 1.39. The monoisotopic (exact) mass is 336 g/mol. The average molecular weight is 336 g/mol. The molecule has 2 aliphatic heterocycles. The molecule has 0 radical (unpaired) electrons. The van der Waals surface area contributed by atoms with E-state index in [0.717, 1.165) is 44.0 Å². The number of aryl methyl sites for hydroxylation is 1. The van der Waals surface area contributed by atoms with Crippen LogP contribution >= 0.6 is 0 Å². The van der Waals surface area contributed by atoms with E-state index >= 15 is 0 Å². The molecule has 1 atom stereocenters. The van der Waals surface area contributed by atoms with Crippen LogP contribution in [-0.2, 0) is 17.8 Å². The average Bonchev–Trinajstić information content (AvgIpc) is 2.65. The van der Waals surface area contributed by atoms with Crippen molar-refractivity contribution in [1.82, 2.24) is 5.32 Å². The van der Waals surface area contributed by atoms with Crippen molar-refractivity contribution in [3.05, 3.63) is 59.2 Å². The van der Waals surface area contributed by atoms with Gasteiger partial charge in [0.2, 0.25) is 5.91 Å². The molecule has 0 fully saturated rings. The number of rotatable bonds is 4. The summed E-state index contributed by atoms with van der Waals surface area (Å²) in [7, 11) is 1.86. The molecule has 1 unspecified atom stereocenters. The van der Waals surface area contributed by atoms with Gasteiger partial charge in [0, 0.05) is 38.2 Å². The number of benzene rings is 2. The van der Waals surface area contributed by atoms with Crippen LogP contribution in [0.4, 0.5) is 5.69 Å². The molecule has 2 heterocycles. The second-order valence-corrected chi connectivity index (χ2v) is 6.92. The van der Waals surface area contributed by atoms with Crippen LogP contribution < -0.4 is 15.0 Å². The van der Waals surface area contributed by atoms with Gasteiger partial charge in [-0.05, 0) is 41.7 Å². The fourth-order valence-corrected chi connectivity index (χ4v) is 3.84. The number of carbonyl (C=O) groups excluding carboxylic acids is 1. The number of hydrogen-bond donors (Lipinski definition) is 1. The van der Waals surface area contributed by atoms with Crippen LogP contribution in [0, 0.1) is 0 Å². The molecule has 130 valence electrons.